The van der Waals surface area contributed by atoms with Crippen molar-refractivity contribution in [2.45, 2.75) is 18.1 Å². The van der Waals surface area contributed by atoms with Gasteiger partial charge in [-0.25, -0.2) is 13.1 Å². The molecule has 0 radical (unpaired) electrons. The molecule has 1 aliphatic rings. The first kappa shape index (κ1) is 19.3. The van der Waals surface area contributed by atoms with Crippen molar-refractivity contribution in [2.75, 3.05) is 31.1 Å². The van der Waals surface area contributed by atoms with Crippen molar-refractivity contribution >= 4 is 38.8 Å². The molecule has 0 aromatic carbocycles. The molecule has 3 aromatic heterocycles. The van der Waals surface area contributed by atoms with Gasteiger partial charge in [0.05, 0.1) is 10.0 Å². The summed E-state index contributed by atoms with van der Waals surface area (Å²) in [6.45, 7) is 5.77. The number of halogens is 1. The van der Waals surface area contributed by atoms with Crippen molar-refractivity contribution in [3.8, 4) is 5.82 Å². The first-order chi connectivity index (χ1) is 13.3. The summed E-state index contributed by atoms with van der Waals surface area (Å²) in [5.41, 5.74) is 1.92. The van der Waals surface area contributed by atoms with Gasteiger partial charge >= 0.3 is 0 Å². The van der Waals surface area contributed by atoms with Gasteiger partial charge < -0.3 is 4.90 Å². The predicted molar refractivity (Wildman–Crippen MR) is 109 cm³/mol. The highest BCUT2D eigenvalue weighted by Gasteiger charge is 2.30. The highest BCUT2D eigenvalue weighted by Crippen LogP contribution is 2.29. The lowest BCUT2D eigenvalue weighted by Crippen LogP contribution is -2.48. The minimum Gasteiger partial charge on any atom is -0.352 e. The van der Waals surface area contributed by atoms with Crippen LogP contribution in [0.3, 0.4) is 0 Å². The number of hydrogen-bond donors (Lipinski definition) is 0. The van der Waals surface area contributed by atoms with E-state index < -0.39 is 10.0 Å². The number of aryl methyl sites for hydroxylation is 2. The van der Waals surface area contributed by atoms with Gasteiger partial charge in [0.15, 0.2) is 11.6 Å². The summed E-state index contributed by atoms with van der Waals surface area (Å²) in [6, 6.07) is 8.91. The molecule has 0 spiro atoms. The Bertz CT molecular complexity index is 1090. The first-order valence-electron chi connectivity index (χ1n) is 8.72. The van der Waals surface area contributed by atoms with Crippen LogP contribution in [0.15, 0.2) is 34.5 Å². The Morgan fingerprint density at radius 2 is 1.68 bits per heavy atom. The number of piperazine rings is 1. The molecule has 11 heteroatoms. The summed E-state index contributed by atoms with van der Waals surface area (Å²) < 4.78 is 29.4. The van der Waals surface area contributed by atoms with Crippen LogP contribution in [0, 0.1) is 13.8 Å². The number of aromatic nitrogens is 4. The Morgan fingerprint density at radius 3 is 2.21 bits per heavy atom. The van der Waals surface area contributed by atoms with Gasteiger partial charge in [-0.15, -0.1) is 21.5 Å². The molecular weight excluding hydrogens is 420 g/mol. The van der Waals surface area contributed by atoms with Gasteiger partial charge in [0.1, 0.15) is 4.21 Å². The normalized spacial score (nSPS) is 15.9. The van der Waals surface area contributed by atoms with Crippen molar-refractivity contribution in [1.82, 2.24) is 24.3 Å². The smallest absolute Gasteiger partial charge is 0.252 e. The Labute approximate surface area is 172 Å². The van der Waals surface area contributed by atoms with E-state index in [9.17, 15) is 8.42 Å². The van der Waals surface area contributed by atoms with Gasteiger partial charge in [-0.1, -0.05) is 11.6 Å². The number of rotatable bonds is 4. The fraction of sp³-hybridized carbons (Fsp3) is 0.353. The van der Waals surface area contributed by atoms with Crippen LogP contribution in [0.2, 0.25) is 4.34 Å². The number of thiophene rings is 1. The summed E-state index contributed by atoms with van der Waals surface area (Å²) in [5, 5.41) is 13.0. The molecule has 1 fully saturated rings. The van der Waals surface area contributed by atoms with Crippen molar-refractivity contribution in [2.24, 2.45) is 0 Å². The van der Waals surface area contributed by atoms with E-state index in [0.717, 1.165) is 28.5 Å². The molecule has 0 aliphatic carbocycles. The Morgan fingerprint density at radius 1 is 1.00 bits per heavy atom. The van der Waals surface area contributed by atoms with Crippen molar-refractivity contribution < 1.29 is 8.42 Å². The van der Waals surface area contributed by atoms with Gasteiger partial charge in [-0.2, -0.15) is 9.40 Å². The Kier molecular flexibility index (Phi) is 5.13. The average molecular weight is 439 g/mol. The fourth-order valence-corrected chi connectivity index (χ4v) is 6.24. The third-order valence-corrected chi connectivity index (χ3v) is 8.17. The summed E-state index contributed by atoms with van der Waals surface area (Å²) in [7, 11) is -3.50. The summed E-state index contributed by atoms with van der Waals surface area (Å²) in [6.07, 6.45) is 0. The van der Waals surface area contributed by atoms with E-state index in [1.54, 1.807) is 16.8 Å². The second-order valence-electron chi connectivity index (χ2n) is 6.54. The van der Waals surface area contributed by atoms with E-state index in [0.29, 0.717) is 36.3 Å². The van der Waals surface area contributed by atoms with Crippen LogP contribution in [0.1, 0.15) is 11.4 Å². The van der Waals surface area contributed by atoms with Crippen LogP contribution in [0.25, 0.3) is 5.82 Å². The molecule has 1 aliphatic heterocycles. The molecule has 0 amide bonds. The second-order valence-corrected chi connectivity index (χ2v) is 10.4. The molecule has 4 heterocycles. The topological polar surface area (TPSA) is 84.2 Å². The monoisotopic (exact) mass is 438 g/mol. The Balaban J connectivity index is 1.44. The lowest BCUT2D eigenvalue weighted by molar-refractivity contribution is 0.384. The standard InChI is InChI=1S/C17H19ClN6O2S2/c1-12-11-13(2)24(21-12)16-5-4-15(19-20-16)22-7-9-23(10-8-22)28(25,26)17-6-3-14(18)27-17/h3-6,11H,7-10H2,1-2H3. The summed E-state index contributed by atoms with van der Waals surface area (Å²) >= 11 is 6.96. The molecule has 0 unspecified atom stereocenters. The minimum absolute atomic E-state index is 0.278. The van der Waals surface area contributed by atoms with Crippen LogP contribution in [0.5, 0.6) is 0 Å². The first-order valence-corrected chi connectivity index (χ1v) is 11.4. The second kappa shape index (κ2) is 7.43. The van der Waals surface area contributed by atoms with E-state index in [-0.39, 0.29) is 4.21 Å². The maximum Gasteiger partial charge on any atom is 0.252 e. The van der Waals surface area contributed by atoms with Crippen LogP contribution < -0.4 is 4.90 Å². The van der Waals surface area contributed by atoms with E-state index >= 15 is 0 Å². The fourth-order valence-electron chi connectivity index (χ4n) is 3.18. The maximum absolute atomic E-state index is 12.7. The van der Waals surface area contributed by atoms with E-state index in [1.807, 2.05) is 36.9 Å². The molecule has 28 heavy (non-hydrogen) atoms. The molecule has 8 nitrogen and oxygen atoms in total. The third-order valence-electron chi connectivity index (χ3n) is 4.57. The summed E-state index contributed by atoms with van der Waals surface area (Å²) in [5.74, 6) is 1.38. The molecule has 148 valence electrons. The molecule has 0 bridgehead atoms. The Hall–Kier alpha value is -2.01. The quantitative estimate of drug-likeness (QED) is 0.622. The average Bonchev–Trinajstić information content (AvgIpc) is 3.27. The lowest BCUT2D eigenvalue weighted by atomic mass is 10.3. The third kappa shape index (κ3) is 3.64. The predicted octanol–water partition coefficient (Wildman–Crippen LogP) is 2.50. The van der Waals surface area contributed by atoms with Gasteiger partial charge in [-0.05, 0) is 44.2 Å². The van der Waals surface area contributed by atoms with Crippen molar-refractivity contribution in [3.05, 3.63) is 46.1 Å². The van der Waals surface area contributed by atoms with E-state index in [1.165, 1.54) is 4.31 Å². The SMILES string of the molecule is Cc1cc(C)n(-c2ccc(N3CCN(S(=O)(=O)c4ccc(Cl)s4)CC3)nn2)n1. The van der Waals surface area contributed by atoms with Gasteiger partial charge in [-0.3, -0.25) is 0 Å². The molecule has 0 atom stereocenters. The number of anilines is 1. The molecule has 1 saturated heterocycles. The zero-order valence-corrected chi connectivity index (χ0v) is 17.8. The van der Waals surface area contributed by atoms with E-state index in [2.05, 4.69) is 15.3 Å². The summed E-state index contributed by atoms with van der Waals surface area (Å²) in [4.78, 5) is 2.03. The number of hydrogen-bond acceptors (Lipinski definition) is 7. The molecular formula is C17H19ClN6O2S2. The van der Waals surface area contributed by atoms with Gasteiger partial charge in [0.25, 0.3) is 10.0 Å². The van der Waals surface area contributed by atoms with Gasteiger partial charge in [0, 0.05) is 31.9 Å². The van der Waals surface area contributed by atoms with Crippen LogP contribution in [0.4, 0.5) is 5.82 Å². The zero-order chi connectivity index (χ0) is 19.9. The van der Waals surface area contributed by atoms with Crippen molar-refractivity contribution in [3.63, 3.8) is 0 Å². The molecule has 0 saturated carbocycles. The highest BCUT2D eigenvalue weighted by atomic mass is 35.5. The van der Waals surface area contributed by atoms with Crippen molar-refractivity contribution in [1.29, 1.82) is 0 Å². The van der Waals surface area contributed by atoms with Crippen LogP contribution >= 0.6 is 22.9 Å². The molecule has 0 N–H and O–H groups in total. The minimum atomic E-state index is -3.50. The molecule has 4 rings (SSSR count). The number of nitrogens with zero attached hydrogens (tertiary/aromatic N) is 6. The van der Waals surface area contributed by atoms with E-state index in [4.69, 9.17) is 11.6 Å². The highest BCUT2D eigenvalue weighted by molar-refractivity contribution is 7.91. The molecule has 3 aromatic rings. The van der Waals surface area contributed by atoms with Crippen LogP contribution in [-0.4, -0.2) is 58.9 Å². The maximum atomic E-state index is 12.7. The van der Waals surface area contributed by atoms with Crippen LogP contribution in [-0.2, 0) is 10.0 Å². The zero-order valence-electron chi connectivity index (χ0n) is 15.4. The lowest BCUT2D eigenvalue weighted by Gasteiger charge is -2.34. The van der Waals surface area contributed by atoms with Gasteiger partial charge in [0.2, 0.25) is 0 Å². The number of sulfonamides is 1. The largest absolute Gasteiger partial charge is 0.352 e.